The molecule has 0 bridgehead atoms. The van der Waals surface area contributed by atoms with Gasteiger partial charge in [-0.3, -0.25) is 0 Å². The summed E-state index contributed by atoms with van der Waals surface area (Å²) in [4.78, 5) is 22.4. The zero-order valence-corrected chi connectivity index (χ0v) is 14.2. The molecule has 1 saturated heterocycles. The van der Waals surface area contributed by atoms with Crippen molar-refractivity contribution in [2.45, 2.75) is 25.9 Å². The molecule has 0 radical (unpaired) electrons. The normalized spacial score (nSPS) is 15.2. The maximum absolute atomic E-state index is 12.3. The van der Waals surface area contributed by atoms with E-state index in [4.69, 9.17) is 16.3 Å². The van der Waals surface area contributed by atoms with E-state index in [1.807, 2.05) is 6.92 Å². The number of hydrogen-bond donors (Lipinski definition) is 1. The number of halogens is 1. The number of likely N-dealkylation sites (tertiary alicyclic amines) is 1. The largest absolute Gasteiger partial charge is 0.460 e. The van der Waals surface area contributed by atoms with E-state index in [0.717, 1.165) is 24.1 Å². The molecule has 2 aromatic rings. The van der Waals surface area contributed by atoms with Gasteiger partial charge in [0.05, 0.1) is 0 Å². The quantitative estimate of drug-likeness (QED) is 0.923. The molecule has 1 aromatic heterocycles. The highest BCUT2D eigenvalue weighted by molar-refractivity contribution is 6.30. The van der Waals surface area contributed by atoms with Gasteiger partial charge in [-0.2, -0.15) is 0 Å². The number of benzene rings is 1. The van der Waals surface area contributed by atoms with E-state index in [1.165, 1.54) is 0 Å². The van der Waals surface area contributed by atoms with E-state index in [0.29, 0.717) is 24.1 Å². The lowest BCUT2D eigenvalue weighted by Gasteiger charge is -2.31. The van der Waals surface area contributed by atoms with Gasteiger partial charge in [0.15, 0.2) is 0 Å². The second kappa shape index (κ2) is 7.49. The average molecular weight is 347 g/mol. The summed E-state index contributed by atoms with van der Waals surface area (Å²) in [6.45, 7) is 3.20. The fourth-order valence-electron chi connectivity index (χ4n) is 2.50. The van der Waals surface area contributed by atoms with Gasteiger partial charge >= 0.3 is 12.0 Å². The van der Waals surface area contributed by atoms with Crippen molar-refractivity contribution in [3.63, 3.8) is 0 Å². The van der Waals surface area contributed by atoms with Crippen LogP contribution in [-0.4, -0.2) is 40.1 Å². The molecule has 24 heavy (non-hydrogen) atoms. The van der Waals surface area contributed by atoms with Gasteiger partial charge in [-0.1, -0.05) is 11.6 Å². The fraction of sp³-hybridized carbons (Fsp3) is 0.353. The first-order chi connectivity index (χ1) is 11.6. The van der Waals surface area contributed by atoms with Crippen molar-refractivity contribution in [2.75, 3.05) is 18.4 Å². The average Bonchev–Trinajstić information content (AvgIpc) is 2.59. The van der Waals surface area contributed by atoms with Crippen LogP contribution in [0.25, 0.3) is 0 Å². The summed E-state index contributed by atoms with van der Waals surface area (Å²) in [6, 6.07) is 7.35. The van der Waals surface area contributed by atoms with Crippen LogP contribution in [0.5, 0.6) is 6.01 Å². The Labute approximate surface area is 145 Å². The fourth-order valence-corrected chi connectivity index (χ4v) is 2.63. The van der Waals surface area contributed by atoms with Crippen LogP contribution in [0.2, 0.25) is 5.02 Å². The van der Waals surface area contributed by atoms with Crippen LogP contribution >= 0.6 is 11.6 Å². The lowest BCUT2D eigenvalue weighted by molar-refractivity contribution is 0.107. The Hall–Kier alpha value is -2.34. The molecule has 0 spiro atoms. The minimum atomic E-state index is -0.109. The Bertz CT molecular complexity index is 683. The van der Waals surface area contributed by atoms with Gasteiger partial charge in [-0.15, -0.1) is 0 Å². The van der Waals surface area contributed by atoms with Crippen LogP contribution in [0.15, 0.2) is 36.7 Å². The molecular formula is C17H19ClN4O2. The van der Waals surface area contributed by atoms with Gasteiger partial charge in [-0.05, 0) is 36.8 Å². The topological polar surface area (TPSA) is 67.3 Å². The lowest BCUT2D eigenvalue weighted by atomic mass is 10.1. The van der Waals surface area contributed by atoms with Gasteiger partial charge in [0, 0.05) is 49.0 Å². The van der Waals surface area contributed by atoms with Crippen molar-refractivity contribution in [3.8, 4) is 6.01 Å². The van der Waals surface area contributed by atoms with Crippen molar-refractivity contribution < 1.29 is 9.53 Å². The summed E-state index contributed by atoms with van der Waals surface area (Å²) in [5, 5.41) is 3.52. The molecule has 1 aliphatic rings. The van der Waals surface area contributed by atoms with Crippen molar-refractivity contribution in [3.05, 3.63) is 47.2 Å². The lowest BCUT2D eigenvalue weighted by Crippen LogP contribution is -2.43. The number of hydrogen-bond acceptors (Lipinski definition) is 4. The highest BCUT2D eigenvalue weighted by Crippen LogP contribution is 2.18. The number of ether oxygens (including phenoxy) is 1. The predicted molar refractivity (Wildman–Crippen MR) is 92.5 cm³/mol. The van der Waals surface area contributed by atoms with E-state index >= 15 is 0 Å². The number of aryl methyl sites for hydroxylation is 1. The number of carbonyl (C=O) groups is 1. The van der Waals surface area contributed by atoms with E-state index < -0.39 is 0 Å². The Morgan fingerprint density at radius 2 is 1.83 bits per heavy atom. The highest BCUT2D eigenvalue weighted by atomic mass is 35.5. The van der Waals surface area contributed by atoms with Gasteiger partial charge < -0.3 is 15.0 Å². The zero-order valence-electron chi connectivity index (χ0n) is 13.4. The summed E-state index contributed by atoms with van der Waals surface area (Å²) < 4.78 is 5.77. The van der Waals surface area contributed by atoms with E-state index in [2.05, 4.69) is 15.3 Å². The molecule has 1 aromatic carbocycles. The molecule has 126 valence electrons. The summed E-state index contributed by atoms with van der Waals surface area (Å²) >= 11 is 5.84. The number of carbonyl (C=O) groups excluding carboxylic acids is 1. The van der Waals surface area contributed by atoms with Crippen molar-refractivity contribution in [1.82, 2.24) is 14.9 Å². The number of aromatic nitrogens is 2. The molecule has 7 heteroatoms. The maximum Gasteiger partial charge on any atom is 0.321 e. The third kappa shape index (κ3) is 4.35. The number of nitrogens with one attached hydrogen (secondary N) is 1. The summed E-state index contributed by atoms with van der Waals surface area (Å²) in [7, 11) is 0. The van der Waals surface area contributed by atoms with E-state index in [9.17, 15) is 4.79 Å². The smallest absolute Gasteiger partial charge is 0.321 e. The molecule has 2 heterocycles. The number of piperidine rings is 1. The molecule has 1 N–H and O–H groups in total. The number of anilines is 1. The number of amides is 2. The molecule has 0 saturated carbocycles. The minimum Gasteiger partial charge on any atom is -0.460 e. The molecule has 3 rings (SSSR count). The molecule has 0 unspecified atom stereocenters. The van der Waals surface area contributed by atoms with Crippen molar-refractivity contribution >= 4 is 23.3 Å². The maximum atomic E-state index is 12.3. The first-order valence-corrected chi connectivity index (χ1v) is 8.25. The Morgan fingerprint density at radius 3 is 2.46 bits per heavy atom. The monoisotopic (exact) mass is 346 g/mol. The van der Waals surface area contributed by atoms with Crippen LogP contribution in [0.3, 0.4) is 0 Å². The van der Waals surface area contributed by atoms with Gasteiger partial charge in [0.2, 0.25) is 0 Å². The Balaban J connectivity index is 1.48. The van der Waals surface area contributed by atoms with Crippen LogP contribution < -0.4 is 10.1 Å². The number of nitrogens with zero attached hydrogens (tertiary/aromatic N) is 3. The standard InChI is InChI=1S/C17H19ClN4O2/c1-12-10-19-16(20-11-12)24-15-6-8-22(9-7-15)17(23)21-14-4-2-13(18)3-5-14/h2-5,10-11,15H,6-9H2,1H3,(H,21,23). The van der Waals surface area contributed by atoms with Crippen molar-refractivity contribution in [2.24, 2.45) is 0 Å². The molecule has 2 amide bonds. The molecule has 1 aliphatic heterocycles. The Kier molecular flexibility index (Phi) is 5.15. The van der Waals surface area contributed by atoms with Gasteiger partial charge in [0.1, 0.15) is 6.10 Å². The third-order valence-electron chi connectivity index (χ3n) is 3.85. The second-order valence-corrected chi connectivity index (χ2v) is 6.22. The summed E-state index contributed by atoms with van der Waals surface area (Å²) in [5.41, 5.74) is 1.73. The summed E-state index contributed by atoms with van der Waals surface area (Å²) in [6.07, 6.45) is 5.01. The van der Waals surface area contributed by atoms with Crippen molar-refractivity contribution in [1.29, 1.82) is 0 Å². The Morgan fingerprint density at radius 1 is 1.21 bits per heavy atom. The first-order valence-electron chi connectivity index (χ1n) is 7.87. The first kappa shape index (κ1) is 16.5. The van der Waals surface area contributed by atoms with Gasteiger partial charge in [0.25, 0.3) is 0 Å². The van der Waals surface area contributed by atoms with Crippen LogP contribution in [0, 0.1) is 6.92 Å². The third-order valence-corrected chi connectivity index (χ3v) is 4.11. The van der Waals surface area contributed by atoms with Gasteiger partial charge in [-0.25, -0.2) is 14.8 Å². The SMILES string of the molecule is Cc1cnc(OC2CCN(C(=O)Nc3ccc(Cl)cc3)CC2)nc1. The molecule has 1 fully saturated rings. The minimum absolute atomic E-state index is 0.0345. The van der Waals surface area contributed by atoms with Crippen LogP contribution in [-0.2, 0) is 0 Å². The van der Waals surface area contributed by atoms with Crippen LogP contribution in [0.1, 0.15) is 18.4 Å². The summed E-state index contributed by atoms with van der Waals surface area (Å²) in [5.74, 6) is 0. The molecular weight excluding hydrogens is 328 g/mol. The molecule has 6 nitrogen and oxygen atoms in total. The van der Waals surface area contributed by atoms with E-state index in [1.54, 1.807) is 41.6 Å². The number of rotatable bonds is 3. The van der Waals surface area contributed by atoms with E-state index in [-0.39, 0.29) is 12.1 Å². The molecule has 0 atom stereocenters. The highest BCUT2D eigenvalue weighted by Gasteiger charge is 2.24. The second-order valence-electron chi connectivity index (χ2n) is 5.78. The van der Waals surface area contributed by atoms with Crippen LogP contribution in [0.4, 0.5) is 10.5 Å². The predicted octanol–water partition coefficient (Wildman–Crippen LogP) is 3.51. The zero-order chi connectivity index (χ0) is 16.9. The molecule has 0 aliphatic carbocycles. The number of urea groups is 1.